The van der Waals surface area contributed by atoms with E-state index in [4.69, 9.17) is 5.11 Å². The largest absolute Gasteiger partial charge is 0.480 e. The van der Waals surface area contributed by atoms with Crippen molar-refractivity contribution < 1.29 is 19.5 Å². The van der Waals surface area contributed by atoms with Crippen LogP contribution in [0.15, 0.2) is 0 Å². The second kappa shape index (κ2) is 6.40. The molecule has 0 aromatic carbocycles. The van der Waals surface area contributed by atoms with Crippen LogP contribution in [0.4, 0.5) is 4.79 Å². The highest BCUT2D eigenvalue weighted by Gasteiger charge is 2.36. The Kier molecular flexibility index (Phi) is 5.14. The van der Waals surface area contributed by atoms with Gasteiger partial charge in [-0.2, -0.15) is 0 Å². The van der Waals surface area contributed by atoms with E-state index in [1.165, 1.54) is 14.7 Å². The van der Waals surface area contributed by atoms with Gasteiger partial charge in [-0.15, -0.1) is 0 Å². The van der Waals surface area contributed by atoms with Gasteiger partial charge in [0.2, 0.25) is 5.91 Å². The minimum Gasteiger partial charge on any atom is -0.480 e. The average Bonchev–Trinajstić information content (AvgIpc) is 3.15. The van der Waals surface area contributed by atoms with Gasteiger partial charge in [-0.3, -0.25) is 9.59 Å². The van der Waals surface area contributed by atoms with Crippen LogP contribution in [0.1, 0.15) is 19.8 Å². The fourth-order valence-electron chi connectivity index (χ4n) is 1.69. The molecule has 0 atom stereocenters. The SMILES string of the molecule is CCN(CC(=O)N(C)C)C(=O)N(CC(=O)O)C1CC1. The first kappa shape index (κ1) is 15.3. The number of urea groups is 1. The van der Waals surface area contributed by atoms with Crippen LogP contribution in [-0.4, -0.2) is 77.5 Å². The maximum Gasteiger partial charge on any atom is 0.323 e. The Morgan fingerprint density at radius 1 is 1.16 bits per heavy atom. The third kappa shape index (κ3) is 4.42. The van der Waals surface area contributed by atoms with Crippen LogP contribution < -0.4 is 0 Å². The molecule has 0 aromatic heterocycles. The van der Waals surface area contributed by atoms with Crippen LogP contribution in [0, 0.1) is 0 Å². The molecule has 0 aliphatic heterocycles. The lowest BCUT2D eigenvalue weighted by Crippen LogP contribution is -2.49. The van der Waals surface area contributed by atoms with Crippen molar-refractivity contribution in [1.29, 1.82) is 0 Å². The van der Waals surface area contributed by atoms with Gasteiger partial charge in [0, 0.05) is 26.7 Å². The van der Waals surface area contributed by atoms with Crippen molar-refractivity contribution in [2.24, 2.45) is 0 Å². The molecule has 19 heavy (non-hydrogen) atoms. The lowest BCUT2D eigenvalue weighted by molar-refractivity contribution is -0.137. The molecule has 0 bridgehead atoms. The van der Waals surface area contributed by atoms with E-state index in [-0.39, 0.29) is 31.1 Å². The predicted octanol–water partition coefficient (Wildman–Crippen LogP) is 0.0655. The van der Waals surface area contributed by atoms with Crippen molar-refractivity contribution >= 4 is 17.9 Å². The van der Waals surface area contributed by atoms with E-state index < -0.39 is 5.97 Å². The summed E-state index contributed by atoms with van der Waals surface area (Å²) in [6, 6.07) is -0.366. The van der Waals surface area contributed by atoms with Crippen molar-refractivity contribution in [3.8, 4) is 0 Å². The van der Waals surface area contributed by atoms with Gasteiger partial charge < -0.3 is 19.8 Å². The van der Waals surface area contributed by atoms with Gasteiger partial charge in [0.1, 0.15) is 13.1 Å². The van der Waals surface area contributed by atoms with Crippen LogP contribution in [0.2, 0.25) is 0 Å². The van der Waals surface area contributed by atoms with Gasteiger partial charge in [-0.05, 0) is 19.8 Å². The summed E-state index contributed by atoms with van der Waals surface area (Å²) < 4.78 is 0. The summed E-state index contributed by atoms with van der Waals surface area (Å²) in [6.07, 6.45) is 1.66. The molecular weight excluding hydrogens is 250 g/mol. The number of rotatable bonds is 6. The Morgan fingerprint density at radius 3 is 2.11 bits per heavy atom. The number of carboxylic acid groups (broad SMARTS) is 1. The lowest BCUT2D eigenvalue weighted by atomic mass is 10.4. The number of carbonyl (C=O) groups is 3. The zero-order valence-electron chi connectivity index (χ0n) is 11.6. The van der Waals surface area contributed by atoms with Gasteiger partial charge in [0.05, 0.1) is 0 Å². The third-order valence-corrected chi connectivity index (χ3v) is 3.02. The van der Waals surface area contributed by atoms with Crippen molar-refractivity contribution in [3.63, 3.8) is 0 Å². The molecule has 1 fully saturated rings. The fourth-order valence-corrected chi connectivity index (χ4v) is 1.69. The third-order valence-electron chi connectivity index (χ3n) is 3.02. The monoisotopic (exact) mass is 271 g/mol. The van der Waals surface area contributed by atoms with Gasteiger partial charge in [0.25, 0.3) is 0 Å². The highest BCUT2D eigenvalue weighted by Crippen LogP contribution is 2.27. The average molecular weight is 271 g/mol. The van der Waals surface area contributed by atoms with Crippen LogP contribution >= 0.6 is 0 Å². The van der Waals surface area contributed by atoms with Crippen molar-refractivity contribution in [1.82, 2.24) is 14.7 Å². The fraction of sp³-hybridized carbons (Fsp3) is 0.750. The van der Waals surface area contributed by atoms with Crippen LogP contribution in [0.3, 0.4) is 0 Å². The lowest BCUT2D eigenvalue weighted by Gasteiger charge is -2.29. The maximum absolute atomic E-state index is 12.3. The molecule has 0 unspecified atom stereocenters. The summed E-state index contributed by atoms with van der Waals surface area (Å²) in [5.74, 6) is -1.21. The minimum atomic E-state index is -1.03. The van der Waals surface area contributed by atoms with Crippen molar-refractivity contribution in [3.05, 3.63) is 0 Å². The number of nitrogens with zero attached hydrogens (tertiary/aromatic N) is 3. The molecule has 1 saturated carbocycles. The summed E-state index contributed by atoms with van der Waals surface area (Å²) >= 11 is 0. The molecule has 0 heterocycles. The van der Waals surface area contributed by atoms with Gasteiger partial charge in [-0.25, -0.2) is 4.79 Å². The predicted molar refractivity (Wildman–Crippen MR) is 68.7 cm³/mol. The van der Waals surface area contributed by atoms with Gasteiger partial charge in [0.15, 0.2) is 0 Å². The molecule has 1 aliphatic carbocycles. The summed E-state index contributed by atoms with van der Waals surface area (Å²) in [5.41, 5.74) is 0. The maximum atomic E-state index is 12.3. The molecule has 1 aliphatic rings. The molecule has 3 amide bonds. The molecule has 7 heteroatoms. The quantitative estimate of drug-likeness (QED) is 0.741. The number of hydrogen-bond acceptors (Lipinski definition) is 3. The standard InChI is InChI=1S/C12H21N3O4/c1-4-14(7-10(16)13(2)3)12(19)15(8-11(17)18)9-5-6-9/h9H,4-8H2,1-3H3,(H,17,18). The first-order chi connectivity index (χ1) is 8.86. The topological polar surface area (TPSA) is 81.2 Å². The summed E-state index contributed by atoms with van der Waals surface area (Å²) in [7, 11) is 3.24. The van der Waals surface area contributed by atoms with E-state index in [0.29, 0.717) is 6.54 Å². The Morgan fingerprint density at radius 2 is 1.74 bits per heavy atom. The normalized spacial score (nSPS) is 13.8. The Labute approximate surface area is 112 Å². The zero-order chi connectivity index (χ0) is 14.6. The summed E-state index contributed by atoms with van der Waals surface area (Å²) in [5, 5.41) is 8.85. The number of aliphatic carboxylic acids is 1. The Balaban J connectivity index is 2.69. The van der Waals surface area contributed by atoms with E-state index in [0.717, 1.165) is 12.8 Å². The molecule has 0 spiro atoms. The van der Waals surface area contributed by atoms with E-state index in [9.17, 15) is 14.4 Å². The number of amides is 3. The molecule has 0 radical (unpaired) electrons. The van der Waals surface area contributed by atoms with E-state index >= 15 is 0 Å². The smallest absolute Gasteiger partial charge is 0.323 e. The highest BCUT2D eigenvalue weighted by atomic mass is 16.4. The number of carboxylic acids is 1. The molecule has 108 valence electrons. The van der Waals surface area contributed by atoms with E-state index in [2.05, 4.69) is 0 Å². The second-order valence-corrected chi connectivity index (χ2v) is 4.84. The Hall–Kier alpha value is -1.79. The minimum absolute atomic E-state index is 0.00658. The van der Waals surface area contributed by atoms with E-state index in [1.807, 2.05) is 0 Å². The molecular formula is C12H21N3O4. The summed E-state index contributed by atoms with van der Waals surface area (Å²) in [4.78, 5) is 38.8. The van der Waals surface area contributed by atoms with Crippen molar-refractivity contribution in [2.45, 2.75) is 25.8 Å². The number of likely N-dealkylation sites (N-methyl/N-ethyl adjacent to an activating group) is 2. The molecule has 0 aromatic rings. The summed E-state index contributed by atoms with van der Waals surface area (Å²) in [6.45, 7) is 1.81. The molecule has 7 nitrogen and oxygen atoms in total. The van der Waals surface area contributed by atoms with Crippen LogP contribution in [-0.2, 0) is 9.59 Å². The first-order valence-electron chi connectivity index (χ1n) is 6.34. The van der Waals surface area contributed by atoms with Crippen molar-refractivity contribution in [2.75, 3.05) is 33.7 Å². The molecule has 0 saturated heterocycles. The zero-order valence-corrected chi connectivity index (χ0v) is 11.6. The molecule has 1 N–H and O–H groups in total. The second-order valence-electron chi connectivity index (χ2n) is 4.84. The number of hydrogen-bond donors (Lipinski definition) is 1. The van der Waals surface area contributed by atoms with Crippen LogP contribution in [0.25, 0.3) is 0 Å². The van der Waals surface area contributed by atoms with E-state index in [1.54, 1.807) is 21.0 Å². The Bertz CT molecular complexity index is 366. The van der Waals surface area contributed by atoms with Crippen LogP contribution in [0.5, 0.6) is 0 Å². The van der Waals surface area contributed by atoms with Gasteiger partial charge in [-0.1, -0.05) is 0 Å². The highest BCUT2D eigenvalue weighted by molar-refractivity contribution is 5.85. The van der Waals surface area contributed by atoms with Gasteiger partial charge >= 0.3 is 12.0 Å². The number of carbonyl (C=O) groups excluding carboxylic acids is 2. The molecule has 1 rings (SSSR count). The first-order valence-corrected chi connectivity index (χ1v) is 6.34.